The monoisotopic (exact) mass is 380 g/mol. The van der Waals surface area contributed by atoms with Gasteiger partial charge in [-0.3, -0.25) is 9.88 Å². The van der Waals surface area contributed by atoms with Gasteiger partial charge in [0.25, 0.3) is 0 Å². The summed E-state index contributed by atoms with van der Waals surface area (Å²) in [7, 11) is 0. The number of imidazole rings is 1. The number of urea groups is 1. The first-order valence-electron chi connectivity index (χ1n) is 8.33. The normalized spacial score (nSPS) is 21.7. The lowest BCUT2D eigenvalue weighted by molar-refractivity contribution is -0.141. The number of carbonyl (C=O) groups excluding carboxylic acids is 1. The number of aliphatic hydroxyl groups excluding tert-OH is 2. The Morgan fingerprint density at radius 3 is 2.78 bits per heavy atom. The largest absolute Gasteiger partial charge is 0.480 e. The average Bonchev–Trinajstić information content (AvgIpc) is 3.25. The molecule has 0 saturated carbocycles. The lowest BCUT2D eigenvalue weighted by Crippen LogP contribution is -2.49. The van der Waals surface area contributed by atoms with Crippen molar-refractivity contribution in [2.24, 2.45) is 0 Å². The van der Waals surface area contributed by atoms with Gasteiger partial charge in [-0.05, 0) is 19.8 Å². The Hall–Kier alpha value is -2.83. The molecule has 0 bridgehead atoms. The Morgan fingerprint density at radius 2 is 2.15 bits per heavy atom. The molecule has 2 aromatic heterocycles. The molecule has 27 heavy (non-hydrogen) atoms. The van der Waals surface area contributed by atoms with Crippen molar-refractivity contribution in [1.82, 2.24) is 24.8 Å². The number of aliphatic carboxylic acids is 1. The summed E-state index contributed by atoms with van der Waals surface area (Å²) in [6.07, 6.45) is 2.26. The quantitative estimate of drug-likeness (QED) is 0.441. The van der Waals surface area contributed by atoms with E-state index in [9.17, 15) is 19.8 Å². The van der Waals surface area contributed by atoms with Crippen LogP contribution in [-0.4, -0.2) is 71.7 Å². The van der Waals surface area contributed by atoms with Crippen LogP contribution in [-0.2, 0) is 9.53 Å². The topological polar surface area (TPSA) is 172 Å². The summed E-state index contributed by atoms with van der Waals surface area (Å²) >= 11 is 0. The smallest absolute Gasteiger partial charge is 0.328 e. The molecule has 146 valence electrons. The highest BCUT2D eigenvalue weighted by molar-refractivity contribution is 5.97. The van der Waals surface area contributed by atoms with E-state index in [4.69, 9.17) is 9.84 Å². The Labute approximate surface area is 153 Å². The van der Waals surface area contributed by atoms with Crippen molar-refractivity contribution in [1.29, 1.82) is 0 Å². The molecule has 0 aromatic carbocycles. The second kappa shape index (κ2) is 7.82. The summed E-state index contributed by atoms with van der Waals surface area (Å²) in [5.41, 5.74) is 0.724. The summed E-state index contributed by atoms with van der Waals surface area (Å²) < 4.78 is 7.40. The molecule has 4 unspecified atom stereocenters. The fraction of sp³-hybridized carbons (Fsp3) is 0.533. The molecule has 1 aliphatic heterocycles. The first-order valence-corrected chi connectivity index (χ1v) is 8.33. The summed E-state index contributed by atoms with van der Waals surface area (Å²) in [6, 6.07) is -2.32. The van der Waals surface area contributed by atoms with E-state index in [0.29, 0.717) is 24.0 Å². The van der Waals surface area contributed by atoms with Gasteiger partial charge in [-0.25, -0.2) is 24.5 Å². The molecule has 3 rings (SSSR count). The fourth-order valence-corrected chi connectivity index (χ4v) is 2.85. The minimum absolute atomic E-state index is 0.0703. The minimum atomic E-state index is -1.47. The summed E-state index contributed by atoms with van der Waals surface area (Å²) in [5, 5.41) is 32.2. The van der Waals surface area contributed by atoms with Gasteiger partial charge in [-0.2, -0.15) is 0 Å². The van der Waals surface area contributed by atoms with Crippen LogP contribution in [0.1, 0.15) is 26.0 Å². The molecule has 0 aliphatic carbocycles. The number of carbonyl (C=O) groups is 2. The van der Waals surface area contributed by atoms with Gasteiger partial charge >= 0.3 is 12.0 Å². The maximum atomic E-state index is 12.1. The molecule has 5 N–H and O–H groups in total. The third kappa shape index (κ3) is 3.97. The minimum Gasteiger partial charge on any atom is -0.480 e. The zero-order valence-corrected chi connectivity index (χ0v) is 14.4. The molecule has 12 heteroatoms. The lowest BCUT2D eigenvalue weighted by Gasteiger charge is -2.17. The van der Waals surface area contributed by atoms with Crippen LogP contribution in [0.15, 0.2) is 12.7 Å². The number of anilines is 1. The van der Waals surface area contributed by atoms with E-state index in [2.05, 4.69) is 25.6 Å². The van der Waals surface area contributed by atoms with Crippen LogP contribution in [0.25, 0.3) is 11.2 Å². The van der Waals surface area contributed by atoms with E-state index >= 15 is 0 Å². The first kappa shape index (κ1) is 18.9. The molecule has 0 spiro atoms. The highest BCUT2D eigenvalue weighted by Gasteiger charge is 2.28. The molecule has 1 fully saturated rings. The number of carboxylic acid groups (broad SMARTS) is 1. The van der Waals surface area contributed by atoms with Gasteiger partial charge in [-0.1, -0.05) is 0 Å². The number of ether oxygens (including phenoxy) is 1. The molecule has 12 nitrogen and oxygen atoms in total. The van der Waals surface area contributed by atoms with Crippen LogP contribution in [0.3, 0.4) is 0 Å². The maximum Gasteiger partial charge on any atom is 0.328 e. The number of fused-ring (bicyclic) bond motifs is 1. The summed E-state index contributed by atoms with van der Waals surface area (Å²) in [5.74, 6) is -1.28. The number of amides is 2. The van der Waals surface area contributed by atoms with Crippen molar-refractivity contribution >= 4 is 29.0 Å². The van der Waals surface area contributed by atoms with Crippen molar-refractivity contribution in [2.45, 2.75) is 44.2 Å². The number of carboxylic acids is 1. The number of rotatable bonds is 6. The highest BCUT2D eigenvalue weighted by atomic mass is 16.5. The van der Waals surface area contributed by atoms with Gasteiger partial charge in [0.15, 0.2) is 23.0 Å². The van der Waals surface area contributed by atoms with Crippen molar-refractivity contribution in [3.8, 4) is 0 Å². The number of aliphatic hydroxyl groups is 2. The molecular formula is C15H20N6O6. The highest BCUT2D eigenvalue weighted by Crippen LogP contribution is 2.31. The second-order valence-corrected chi connectivity index (χ2v) is 6.17. The molecule has 2 aromatic rings. The van der Waals surface area contributed by atoms with Gasteiger partial charge in [0.05, 0.1) is 25.1 Å². The number of hydrogen-bond acceptors (Lipinski definition) is 8. The van der Waals surface area contributed by atoms with E-state index in [0.717, 1.165) is 0 Å². The van der Waals surface area contributed by atoms with Gasteiger partial charge in [-0.15, -0.1) is 0 Å². The summed E-state index contributed by atoms with van der Waals surface area (Å²) in [6.45, 7) is 1.18. The van der Waals surface area contributed by atoms with Crippen LogP contribution in [0.2, 0.25) is 0 Å². The lowest BCUT2D eigenvalue weighted by atomic mass is 10.2. The SMILES string of the molecule is CC(O)C(NC(=O)Nc1ncnc2c1ncn2C1CCC(CO)O1)C(=O)O. The third-order valence-corrected chi connectivity index (χ3v) is 4.22. The van der Waals surface area contributed by atoms with E-state index in [-0.39, 0.29) is 24.8 Å². The number of aromatic nitrogens is 4. The van der Waals surface area contributed by atoms with E-state index in [1.807, 2.05) is 0 Å². The van der Waals surface area contributed by atoms with Crippen molar-refractivity contribution < 1.29 is 29.6 Å². The molecule has 1 aliphatic rings. The second-order valence-electron chi connectivity index (χ2n) is 6.17. The predicted molar refractivity (Wildman–Crippen MR) is 90.8 cm³/mol. The third-order valence-electron chi connectivity index (χ3n) is 4.22. The van der Waals surface area contributed by atoms with Crippen LogP contribution < -0.4 is 10.6 Å². The molecular weight excluding hydrogens is 360 g/mol. The van der Waals surface area contributed by atoms with E-state index in [1.165, 1.54) is 19.6 Å². The van der Waals surface area contributed by atoms with Gasteiger partial charge in [0.2, 0.25) is 0 Å². The average molecular weight is 380 g/mol. The molecule has 1 saturated heterocycles. The van der Waals surface area contributed by atoms with E-state index in [1.54, 1.807) is 4.57 Å². The maximum absolute atomic E-state index is 12.1. The van der Waals surface area contributed by atoms with E-state index < -0.39 is 24.1 Å². The number of hydrogen-bond donors (Lipinski definition) is 5. The summed E-state index contributed by atoms with van der Waals surface area (Å²) in [4.78, 5) is 35.5. The van der Waals surface area contributed by atoms with Crippen molar-refractivity contribution in [3.63, 3.8) is 0 Å². The van der Waals surface area contributed by atoms with Crippen LogP contribution in [0, 0.1) is 0 Å². The first-order chi connectivity index (χ1) is 12.9. The Kier molecular flexibility index (Phi) is 5.48. The Balaban J connectivity index is 1.78. The van der Waals surface area contributed by atoms with Crippen molar-refractivity contribution in [2.75, 3.05) is 11.9 Å². The Morgan fingerprint density at radius 1 is 1.37 bits per heavy atom. The van der Waals surface area contributed by atoms with Crippen molar-refractivity contribution in [3.05, 3.63) is 12.7 Å². The molecule has 3 heterocycles. The fourth-order valence-electron chi connectivity index (χ4n) is 2.85. The number of nitrogens with zero attached hydrogens (tertiary/aromatic N) is 4. The van der Waals surface area contributed by atoms with Gasteiger partial charge < -0.3 is 25.4 Å². The van der Waals surface area contributed by atoms with Gasteiger partial charge in [0, 0.05) is 0 Å². The zero-order chi connectivity index (χ0) is 19.6. The number of nitrogens with one attached hydrogen (secondary N) is 2. The Bertz CT molecular complexity index is 839. The van der Waals surface area contributed by atoms with Crippen LogP contribution in [0.4, 0.5) is 10.6 Å². The predicted octanol–water partition coefficient (Wildman–Crippen LogP) is -0.548. The standard InChI is InChI=1S/C15H20N6O6/c1-7(23)10(14(24)25)19-15(26)20-12-11-13(17-5-16-12)21(6-18-11)9-3-2-8(4-22)27-9/h5-10,22-23H,2-4H2,1H3,(H,24,25)(H2,16,17,19,20,26). The molecule has 2 amide bonds. The molecule has 0 radical (unpaired) electrons. The molecule has 4 atom stereocenters. The van der Waals surface area contributed by atoms with Crippen LogP contribution >= 0.6 is 0 Å². The van der Waals surface area contributed by atoms with Crippen LogP contribution in [0.5, 0.6) is 0 Å². The van der Waals surface area contributed by atoms with Gasteiger partial charge in [0.1, 0.15) is 12.6 Å². The zero-order valence-electron chi connectivity index (χ0n) is 14.4.